The number of nitrogens with zero attached hydrogens (tertiary/aromatic N) is 6. The zero-order chi connectivity index (χ0) is 38.8. The maximum Gasteiger partial charge on any atom is 0.166 e. The Balaban J connectivity index is 1.19. The molecule has 0 N–H and O–H groups in total. The third-order valence-electron chi connectivity index (χ3n) is 11.9. The lowest BCUT2D eigenvalue weighted by molar-refractivity contribution is 0.666. The van der Waals surface area contributed by atoms with Crippen LogP contribution in [0.4, 0.5) is 0 Å². The average Bonchev–Trinajstić information content (AvgIpc) is 4.05. The second-order valence-corrected chi connectivity index (χ2v) is 15.0. The number of hydrogen-bond donors (Lipinski definition) is 0. The van der Waals surface area contributed by atoms with Crippen LogP contribution in [0.1, 0.15) is 5.56 Å². The lowest BCUT2D eigenvalue weighted by Gasteiger charge is -2.14. The van der Waals surface area contributed by atoms with E-state index < -0.39 is 0 Å². The first-order valence-electron chi connectivity index (χ1n) is 19.6. The van der Waals surface area contributed by atoms with Crippen molar-refractivity contribution in [1.82, 2.24) is 23.9 Å². The van der Waals surface area contributed by atoms with Gasteiger partial charge in [0.05, 0.1) is 44.9 Å². The van der Waals surface area contributed by atoms with Crippen LogP contribution in [-0.4, -0.2) is 23.9 Å². The molecule has 8 aromatic carbocycles. The number of benzene rings is 8. The average molecular weight is 753 g/mol. The molecule has 0 radical (unpaired) electrons. The summed E-state index contributed by atoms with van der Waals surface area (Å²) in [6, 6.07) is 60.7. The van der Waals surface area contributed by atoms with E-state index >= 15 is 0 Å². The summed E-state index contributed by atoms with van der Waals surface area (Å²) >= 11 is 0. The third-order valence-corrected chi connectivity index (χ3v) is 11.9. The van der Waals surface area contributed by atoms with Gasteiger partial charge in [-0.1, -0.05) is 140 Å². The lowest BCUT2D eigenvalue weighted by atomic mass is 9.98. The second-order valence-electron chi connectivity index (χ2n) is 15.0. The maximum absolute atomic E-state index is 11.3. The Bertz CT molecular complexity index is 3850. The van der Waals surface area contributed by atoms with E-state index in [1.807, 2.05) is 84.9 Å². The molecule has 0 fully saturated rings. The summed E-state index contributed by atoms with van der Waals surface area (Å²) in [5.41, 5.74) is 10.4. The fraction of sp³-hybridized carbons (Fsp3) is 0. The van der Waals surface area contributed by atoms with Gasteiger partial charge in [-0.2, -0.15) is 5.26 Å². The quantitative estimate of drug-likeness (QED) is 0.179. The van der Waals surface area contributed by atoms with E-state index in [1.165, 1.54) is 27.2 Å². The highest BCUT2D eigenvalue weighted by atomic mass is 16.3. The van der Waals surface area contributed by atoms with Crippen LogP contribution in [-0.2, 0) is 0 Å². The molecular weight excluding hydrogens is 725 g/mol. The fourth-order valence-electron chi connectivity index (χ4n) is 9.51. The smallest absolute Gasteiger partial charge is 0.166 e. The summed E-state index contributed by atoms with van der Waals surface area (Å²) in [6.45, 7) is 0. The standard InChI is InChI=1S/C52H28N6O/c53-29-32-28-42(58-40-24-11-8-19-34(40)36-26-27-41-45(48(36)58)38-22-13-21-35-33-18-7-10-23-39(33)57(41)47(35)38)49-46(37-20-9-12-25-43(37)59-49)44(32)52-55-50(30-14-3-1-4-15-30)54-51(56-52)31-16-5-2-6-17-31/h1-28H. The van der Waals surface area contributed by atoms with Crippen LogP contribution in [0, 0.1) is 11.3 Å². The Morgan fingerprint density at radius 2 is 1.03 bits per heavy atom. The van der Waals surface area contributed by atoms with Gasteiger partial charge in [-0.25, -0.2) is 15.0 Å². The van der Waals surface area contributed by atoms with Gasteiger partial charge in [0.2, 0.25) is 0 Å². The molecule has 5 heterocycles. The Morgan fingerprint density at radius 3 is 1.76 bits per heavy atom. The van der Waals surface area contributed by atoms with Crippen LogP contribution < -0.4 is 0 Å². The summed E-state index contributed by atoms with van der Waals surface area (Å²) in [4.78, 5) is 15.2. The van der Waals surface area contributed by atoms with Crippen LogP contribution in [0.5, 0.6) is 0 Å². The van der Waals surface area contributed by atoms with Gasteiger partial charge in [-0.15, -0.1) is 0 Å². The molecule has 0 aliphatic heterocycles. The van der Waals surface area contributed by atoms with Crippen molar-refractivity contribution >= 4 is 81.8 Å². The SMILES string of the molecule is N#Cc1cc(-n2c3ccccc3c3ccc4c(c5cccc6c7ccccc7n4c65)c32)c2oc3ccccc3c2c1-c1nc(-c2ccccc2)nc(-c2ccccc2)n1. The van der Waals surface area contributed by atoms with Crippen molar-refractivity contribution in [3.05, 3.63) is 175 Å². The number of rotatable bonds is 4. The van der Waals surface area contributed by atoms with Crippen LogP contribution in [0.3, 0.4) is 0 Å². The molecule has 0 bridgehead atoms. The number of aromatic nitrogens is 5. The molecule has 0 saturated carbocycles. The van der Waals surface area contributed by atoms with Crippen molar-refractivity contribution in [3.8, 4) is 45.9 Å². The summed E-state index contributed by atoms with van der Waals surface area (Å²) in [5.74, 6) is 1.44. The first kappa shape index (κ1) is 31.8. The van der Waals surface area contributed by atoms with Crippen molar-refractivity contribution in [2.45, 2.75) is 0 Å². The first-order valence-corrected chi connectivity index (χ1v) is 19.6. The van der Waals surface area contributed by atoms with Gasteiger partial charge < -0.3 is 13.4 Å². The van der Waals surface area contributed by atoms with Crippen molar-refractivity contribution in [1.29, 1.82) is 5.26 Å². The van der Waals surface area contributed by atoms with Gasteiger partial charge in [0.1, 0.15) is 5.58 Å². The minimum Gasteiger partial charge on any atom is -0.454 e. The van der Waals surface area contributed by atoms with E-state index in [-0.39, 0.29) is 0 Å². The van der Waals surface area contributed by atoms with Gasteiger partial charge in [-0.3, -0.25) is 0 Å². The molecule has 7 heteroatoms. The van der Waals surface area contributed by atoms with Gasteiger partial charge in [0.15, 0.2) is 23.1 Å². The number of furan rings is 1. The third kappa shape index (κ3) is 4.32. The molecule has 13 rings (SSSR count). The molecule has 5 aromatic heterocycles. The molecule has 0 unspecified atom stereocenters. The second kappa shape index (κ2) is 11.8. The molecule has 0 aliphatic carbocycles. The minimum absolute atomic E-state index is 0.401. The van der Waals surface area contributed by atoms with Gasteiger partial charge in [0, 0.05) is 59.8 Å². The molecule has 0 spiro atoms. The van der Waals surface area contributed by atoms with E-state index in [1.54, 1.807) is 0 Å². The highest BCUT2D eigenvalue weighted by Gasteiger charge is 2.28. The molecule has 0 amide bonds. The molecular formula is C52H28N6O. The number of para-hydroxylation sites is 4. The van der Waals surface area contributed by atoms with Crippen LogP contribution in [0.15, 0.2) is 174 Å². The zero-order valence-corrected chi connectivity index (χ0v) is 31.3. The maximum atomic E-state index is 11.3. The first-order chi connectivity index (χ1) is 29.2. The van der Waals surface area contributed by atoms with E-state index in [4.69, 9.17) is 19.4 Å². The van der Waals surface area contributed by atoms with Crippen molar-refractivity contribution < 1.29 is 4.42 Å². The largest absolute Gasteiger partial charge is 0.454 e. The van der Waals surface area contributed by atoms with Crippen LogP contribution >= 0.6 is 0 Å². The molecule has 272 valence electrons. The predicted octanol–water partition coefficient (Wildman–Crippen LogP) is 12.9. The normalized spacial score (nSPS) is 12.1. The van der Waals surface area contributed by atoms with Gasteiger partial charge >= 0.3 is 0 Å². The summed E-state index contributed by atoms with van der Waals surface area (Å²) in [7, 11) is 0. The lowest BCUT2D eigenvalue weighted by Crippen LogP contribution is -2.03. The van der Waals surface area contributed by atoms with Gasteiger partial charge in [0.25, 0.3) is 0 Å². The zero-order valence-electron chi connectivity index (χ0n) is 31.3. The topological polar surface area (TPSA) is 84.9 Å². The highest BCUT2D eigenvalue weighted by molar-refractivity contribution is 6.31. The predicted molar refractivity (Wildman–Crippen MR) is 237 cm³/mol. The Morgan fingerprint density at radius 1 is 0.458 bits per heavy atom. The number of nitriles is 1. The Labute approximate surface area is 335 Å². The van der Waals surface area contributed by atoms with E-state index in [0.29, 0.717) is 39.8 Å². The molecule has 0 aliphatic rings. The van der Waals surface area contributed by atoms with Crippen LogP contribution in [0.25, 0.3) is 122 Å². The minimum atomic E-state index is 0.401. The molecule has 7 nitrogen and oxygen atoms in total. The van der Waals surface area contributed by atoms with Crippen LogP contribution in [0.2, 0.25) is 0 Å². The monoisotopic (exact) mass is 752 g/mol. The summed E-state index contributed by atoms with van der Waals surface area (Å²) < 4.78 is 11.7. The molecule has 0 saturated heterocycles. The highest BCUT2D eigenvalue weighted by Crippen LogP contribution is 2.47. The molecule has 13 aromatic rings. The van der Waals surface area contributed by atoms with E-state index in [2.05, 4.69) is 100.0 Å². The summed E-state index contributed by atoms with van der Waals surface area (Å²) in [5, 5.41) is 19.9. The Hall–Kier alpha value is -8.34. The van der Waals surface area contributed by atoms with Crippen molar-refractivity contribution in [2.24, 2.45) is 0 Å². The number of hydrogen-bond acceptors (Lipinski definition) is 5. The Kier molecular flexibility index (Phi) is 6.38. The molecule has 59 heavy (non-hydrogen) atoms. The fourth-order valence-corrected chi connectivity index (χ4v) is 9.51. The molecule has 0 atom stereocenters. The van der Waals surface area contributed by atoms with Gasteiger partial charge in [-0.05, 0) is 30.3 Å². The van der Waals surface area contributed by atoms with E-state index in [0.717, 1.165) is 60.3 Å². The number of fused-ring (bicyclic) bond motifs is 13. The van der Waals surface area contributed by atoms with E-state index in [9.17, 15) is 5.26 Å². The van der Waals surface area contributed by atoms with Crippen molar-refractivity contribution in [2.75, 3.05) is 0 Å². The summed E-state index contributed by atoms with van der Waals surface area (Å²) in [6.07, 6.45) is 0. The van der Waals surface area contributed by atoms with Crippen molar-refractivity contribution in [3.63, 3.8) is 0 Å².